The van der Waals surface area contributed by atoms with Crippen LogP contribution in [0.1, 0.15) is 47.1 Å². The smallest absolute Gasteiger partial charge is 0.444 e. The Labute approximate surface area is 256 Å². The molecule has 1 fully saturated rings. The average Bonchev–Trinajstić information content (AvgIpc) is 3.18. The summed E-state index contributed by atoms with van der Waals surface area (Å²) in [6.07, 6.45) is -11.0. The van der Waals surface area contributed by atoms with Gasteiger partial charge in [-0.3, -0.25) is 15.0 Å². The zero-order valence-corrected chi connectivity index (χ0v) is 25.3. The summed E-state index contributed by atoms with van der Waals surface area (Å²) in [5, 5.41) is 10.9. The van der Waals surface area contributed by atoms with E-state index in [9.17, 15) is 37.7 Å². The third-order valence-electron chi connectivity index (χ3n) is 5.87. The Kier molecular flexibility index (Phi) is 10.4. The Morgan fingerprint density at radius 1 is 0.844 bits per heavy atom. The zero-order chi connectivity index (χ0) is 33.7. The molecule has 1 amide bonds. The number of ether oxygens (including phenoxy) is 6. The van der Waals surface area contributed by atoms with Crippen LogP contribution in [-0.4, -0.2) is 70.6 Å². The molecule has 13 nitrogen and oxygen atoms in total. The number of likely N-dealkylation sites (tertiary alicyclic amines) is 1. The number of carbonyl (C=O) groups is 3. The highest BCUT2D eigenvalue weighted by molar-refractivity contribution is 5.70. The standard InChI is InChI=1S/C29H33F3N2O11/c1-27(2,3)44-24(35)33-16-22(41-26(37)45-28(4,5)6)23(42-25(36)40-19-13-9-18(10-14-19)34(38)39)21(33)15-17-7-11-20(12-8-17)43-29(30,31)32/h7-14,21-23H,15-16H2,1-6H3/t21-,22+,23+/m1/s1. The molecule has 2 aromatic rings. The summed E-state index contributed by atoms with van der Waals surface area (Å²) in [5.74, 6) is -0.582. The normalized spacial score (nSPS) is 18.5. The predicted molar refractivity (Wildman–Crippen MR) is 149 cm³/mol. The third kappa shape index (κ3) is 11.0. The van der Waals surface area contributed by atoms with Gasteiger partial charge in [0.15, 0.2) is 12.2 Å². The largest absolute Gasteiger partial charge is 0.573 e. The van der Waals surface area contributed by atoms with E-state index in [1.165, 1.54) is 17.0 Å². The number of benzene rings is 2. The molecule has 16 heteroatoms. The van der Waals surface area contributed by atoms with Gasteiger partial charge >= 0.3 is 24.8 Å². The first-order valence-corrected chi connectivity index (χ1v) is 13.6. The first-order valence-electron chi connectivity index (χ1n) is 13.6. The summed E-state index contributed by atoms with van der Waals surface area (Å²) in [4.78, 5) is 50.3. The Morgan fingerprint density at radius 3 is 1.91 bits per heavy atom. The van der Waals surface area contributed by atoms with Crippen LogP contribution < -0.4 is 9.47 Å². The molecule has 0 N–H and O–H groups in total. The van der Waals surface area contributed by atoms with Crippen LogP contribution in [0, 0.1) is 10.1 Å². The first-order chi connectivity index (χ1) is 20.7. The molecule has 0 aromatic heterocycles. The van der Waals surface area contributed by atoms with Crippen molar-refractivity contribution in [2.24, 2.45) is 0 Å². The van der Waals surface area contributed by atoms with Gasteiger partial charge in [0.1, 0.15) is 22.7 Å². The zero-order valence-electron chi connectivity index (χ0n) is 25.3. The number of carbonyl (C=O) groups excluding carboxylic acids is 3. The molecule has 1 aliphatic rings. The number of nitrogens with zero attached hydrogens (tertiary/aromatic N) is 2. The van der Waals surface area contributed by atoms with E-state index in [1.807, 2.05) is 0 Å². The second kappa shape index (κ2) is 13.5. The SMILES string of the molecule is CC(C)(C)OC(=O)O[C@H]1CN(C(=O)OC(C)(C)C)[C@H](Cc2ccc(OC(F)(F)F)cc2)[C@@H]1OC(=O)Oc1ccc([N+](=O)[O-])cc1. The number of hydrogen-bond acceptors (Lipinski definition) is 11. The van der Waals surface area contributed by atoms with Crippen molar-refractivity contribution in [1.82, 2.24) is 4.90 Å². The Balaban J connectivity index is 1.94. The highest BCUT2D eigenvalue weighted by Gasteiger charge is 2.50. The van der Waals surface area contributed by atoms with Gasteiger partial charge in [-0.05, 0) is 77.8 Å². The van der Waals surface area contributed by atoms with Crippen LogP contribution >= 0.6 is 0 Å². The second-order valence-corrected chi connectivity index (χ2v) is 11.9. The van der Waals surface area contributed by atoms with Crippen LogP contribution in [0.5, 0.6) is 11.5 Å². The van der Waals surface area contributed by atoms with Gasteiger partial charge in [0.2, 0.25) is 0 Å². The fourth-order valence-corrected chi connectivity index (χ4v) is 4.21. The van der Waals surface area contributed by atoms with Crippen molar-refractivity contribution in [1.29, 1.82) is 0 Å². The number of nitro benzene ring substituents is 1. The van der Waals surface area contributed by atoms with E-state index in [4.69, 9.17) is 23.7 Å². The fraction of sp³-hybridized carbons (Fsp3) is 0.483. The van der Waals surface area contributed by atoms with Gasteiger partial charge < -0.3 is 28.4 Å². The van der Waals surface area contributed by atoms with Gasteiger partial charge in [-0.2, -0.15) is 0 Å². The monoisotopic (exact) mass is 642 g/mol. The van der Waals surface area contributed by atoms with Gasteiger partial charge in [0, 0.05) is 12.1 Å². The van der Waals surface area contributed by atoms with E-state index in [1.54, 1.807) is 41.5 Å². The van der Waals surface area contributed by atoms with Crippen LogP contribution in [0.25, 0.3) is 0 Å². The molecule has 3 atom stereocenters. The predicted octanol–water partition coefficient (Wildman–Crippen LogP) is 6.56. The lowest BCUT2D eigenvalue weighted by molar-refractivity contribution is -0.384. The van der Waals surface area contributed by atoms with E-state index in [-0.39, 0.29) is 24.4 Å². The Bertz CT molecular complexity index is 1370. The molecule has 3 rings (SSSR count). The van der Waals surface area contributed by atoms with E-state index < -0.39 is 64.9 Å². The van der Waals surface area contributed by atoms with Crippen molar-refractivity contribution in [3.8, 4) is 11.5 Å². The van der Waals surface area contributed by atoms with Crippen molar-refractivity contribution in [3.63, 3.8) is 0 Å². The lowest BCUT2D eigenvalue weighted by Crippen LogP contribution is -2.45. The average molecular weight is 643 g/mol. The van der Waals surface area contributed by atoms with E-state index >= 15 is 0 Å². The molecule has 1 aliphatic heterocycles. The second-order valence-electron chi connectivity index (χ2n) is 11.9. The highest BCUT2D eigenvalue weighted by atomic mass is 19.4. The molecule has 0 aliphatic carbocycles. The van der Waals surface area contributed by atoms with Gasteiger partial charge in [-0.1, -0.05) is 12.1 Å². The molecule has 1 heterocycles. The van der Waals surface area contributed by atoms with Crippen molar-refractivity contribution >= 4 is 24.1 Å². The van der Waals surface area contributed by atoms with Crippen molar-refractivity contribution in [2.45, 2.75) is 83.8 Å². The third-order valence-corrected chi connectivity index (χ3v) is 5.87. The minimum absolute atomic E-state index is 0.102. The summed E-state index contributed by atoms with van der Waals surface area (Å²) in [5.41, 5.74) is -1.76. The highest BCUT2D eigenvalue weighted by Crippen LogP contribution is 2.31. The van der Waals surface area contributed by atoms with Crippen LogP contribution in [0.4, 0.5) is 33.2 Å². The number of alkyl halides is 3. The van der Waals surface area contributed by atoms with Gasteiger partial charge in [0.05, 0.1) is 17.5 Å². The number of nitro groups is 1. The van der Waals surface area contributed by atoms with Gasteiger partial charge in [0.25, 0.3) is 5.69 Å². The topological polar surface area (TPSA) is 153 Å². The minimum Gasteiger partial charge on any atom is -0.444 e. The summed E-state index contributed by atoms with van der Waals surface area (Å²) in [7, 11) is 0. The lowest BCUT2D eigenvalue weighted by atomic mass is 10.0. The van der Waals surface area contributed by atoms with E-state index in [2.05, 4.69) is 4.74 Å². The molecular formula is C29H33F3N2O11. The van der Waals surface area contributed by atoms with E-state index in [0.29, 0.717) is 5.56 Å². The maximum atomic E-state index is 13.3. The van der Waals surface area contributed by atoms with Crippen molar-refractivity contribution in [2.75, 3.05) is 6.54 Å². The number of rotatable bonds is 7. The number of halogens is 3. The van der Waals surface area contributed by atoms with Crippen molar-refractivity contribution < 1.29 is 60.9 Å². The molecular weight excluding hydrogens is 609 g/mol. The molecule has 45 heavy (non-hydrogen) atoms. The van der Waals surface area contributed by atoms with Crippen LogP contribution in [-0.2, 0) is 25.4 Å². The maximum absolute atomic E-state index is 13.3. The maximum Gasteiger partial charge on any atom is 0.573 e. The molecule has 1 saturated heterocycles. The summed E-state index contributed by atoms with van der Waals surface area (Å²) in [6, 6.07) is 8.25. The Hall–Kier alpha value is -4.76. The molecule has 0 bridgehead atoms. The van der Waals surface area contributed by atoms with Crippen LogP contribution in [0.3, 0.4) is 0 Å². The van der Waals surface area contributed by atoms with E-state index in [0.717, 1.165) is 36.4 Å². The molecule has 2 aromatic carbocycles. The number of non-ortho nitro benzene ring substituents is 1. The molecule has 0 unspecified atom stereocenters. The lowest BCUT2D eigenvalue weighted by Gasteiger charge is -2.30. The summed E-state index contributed by atoms with van der Waals surface area (Å²) in [6.45, 7) is 9.35. The van der Waals surface area contributed by atoms with Crippen LogP contribution in [0.2, 0.25) is 0 Å². The van der Waals surface area contributed by atoms with Gasteiger partial charge in [-0.25, -0.2) is 14.4 Å². The van der Waals surface area contributed by atoms with Gasteiger partial charge in [-0.15, -0.1) is 13.2 Å². The Morgan fingerprint density at radius 2 is 1.40 bits per heavy atom. The molecule has 0 radical (unpaired) electrons. The number of hydrogen-bond donors (Lipinski definition) is 0. The fourth-order valence-electron chi connectivity index (χ4n) is 4.21. The molecule has 0 saturated carbocycles. The van der Waals surface area contributed by atoms with Crippen molar-refractivity contribution in [3.05, 3.63) is 64.2 Å². The summed E-state index contributed by atoms with van der Waals surface area (Å²) < 4.78 is 68.9. The molecule has 0 spiro atoms. The van der Waals surface area contributed by atoms with Crippen LogP contribution in [0.15, 0.2) is 48.5 Å². The summed E-state index contributed by atoms with van der Waals surface area (Å²) >= 11 is 0. The minimum atomic E-state index is -4.91. The molecule has 246 valence electrons. The number of amides is 1. The quantitative estimate of drug-likeness (QED) is 0.106. The first kappa shape index (κ1) is 34.7.